The number of benzene rings is 2. The van der Waals surface area contributed by atoms with Gasteiger partial charge in [-0.05, 0) is 24.3 Å². The molecule has 0 saturated carbocycles. The summed E-state index contributed by atoms with van der Waals surface area (Å²) >= 11 is 0. The van der Waals surface area contributed by atoms with Crippen molar-refractivity contribution in [2.45, 2.75) is 6.67 Å². The van der Waals surface area contributed by atoms with Gasteiger partial charge < -0.3 is 0 Å². The standard InChI is InChI=1S/C20H20F2N4O3S/c1-30(28,29)25-10-8-24(9-11-25)13-26-20(27)16-5-3-2-4-15(16)19(23-26)14-6-7-17(21)18(22)12-14/h2-7,12H,8-11,13H2,1H3. The number of nitrogens with zero attached hydrogens (tertiary/aromatic N) is 4. The maximum absolute atomic E-state index is 13.8. The minimum Gasteiger partial charge on any atom is -0.282 e. The number of fused-ring (bicyclic) bond motifs is 1. The van der Waals surface area contributed by atoms with Crippen molar-refractivity contribution >= 4 is 20.8 Å². The van der Waals surface area contributed by atoms with Gasteiger partial charge in [0.2, 0.25) is 10.0 Å². The Morgan fingerprint density at radius 2 is 1.63 bits per heavy atom. The molecule has 1 aromatic heterocycles. The molecule has 7 nitrogen and oxygen atoms in total. The number of piperazine rings is 1. The van der Waals surface area contributed by atoms with Crippen molar-refractivity contribution in [1.82, 2.24) is 19.0 Å². The van der Waals surface area contributed by atoms with Crippen LogP contribution in [0.25, 0.3) is 22.0 Å². The first-order chi connectivity index (χ1) is 14.2. The quantitative estimate of drug-likeness (QED) is 0.627. The van der Waals surface area contributed by atoms with Crippen molar-refractivity contribution < 1.29 is 17.2 Å². The Balaban J connectivity index is 1.72. The van der Waals surface area contributed by atoms with Gasteiger partial charge in [-0.2, -0.15) is 9.40 Å². The lowest BCUT2D eigenvalue weighted by molar-refractivity contribution is 0.144. The van der Waals surface area contributed by atoms with Gasteiger partial charge in [0.1, 0.15) is 0 Å². The lowest BCUT2D eigenvalue weighted by atomic mass is 10.0. The molecule has 1 saturated heterocycles. The van der Waals surface area contributed by atoms with Crippen molar-refractivity contribution in [2.24, 2.45) is 0 Å². The van der Waals surface area contributed by atoms with Crippen LogP contribution in [0.3, 0.4) is 0 Å². The third kappa shape index (κ3) is 3.98. The van der Waals surface area contributed by atoms with E-state index in [0.717, 1.165) is 12.1 Å². The molecule has 0 atom stereocenters. The van der Waals surface area contributed by atoms with Gasteiger partial charge in [-0.1, -0.05) is 18.2 Å². The van der Waals surface area contributed by atoms with E-state index in [1.165, 1.54) is 21.3 Å². The van der Waals surface area contributed by atoms with Gasteiger partial charge >= 0.3 is 0 Å². The Morgan fingerprint density at radius 3 is 2.27 bits per heavy atom. The van der Waals surface area contributed by atoms with E-state index in [-0.39, 0.29) is 12.2 Å². The fourth-order valence-corrected chi connectivity index (χ4v) is 4.41. The second kappa shape index (κ2) is 7.86. The van der Waals surface area contributed by atoms with E-state index in [0.29, 0.717) is 48.2 Å². The third-order valence-corrected chi connectivity index (χ3v) is 6.50. The van der Waals surface area contributed by atoms with Gasteiger partial charge in [0, 0.05) is 37.1 Å². The van der Waals surface area contributed by atoms with Gasteiger partial charge in [-0.25, -0.2) is 21.9 Å². The summed E-state index contributed by atoms with van der Waals surface area (Å²) in [6, 6.07) is 10.4. The fraction of sp³-hybridized carbons (Fsp3) is 0.300. The molecule has 0 radical (unpaired) electrons. The van der Waals surface area contributed by atoms with Gasteiger partial charge in [0.05, 0.1) is 24.0 Å². The highest BCUT2D eigenvalue weighted by molar-refractivity contribution is 7.88. The highest BCUT2D eigenvalue weighted by atomic mass is 32.2. The highest BCUT2D eigenvalue weighted by Gasteiger charge is 2.24. The van der Waals surface area contributed by atoms with Crippen molar-refractivity contribution in [2.75, 3.05) is 32.4 Å². The second-order valence-electron chi connectivity index (χ2n) is 7.25. The molecule has 2 heterocycles. The van der Waals surface area contributed by atoms with Crippen LogP contribution in [0, 0.1) is 11.6 Å². The number of hydrogen-bond donors (Lipinski definition) is 0. The topological polar surface area (TPSA) is 75.5 Å². The van der Waals surface area contributed by atoms with Crippen LogP contribution in [0.2, 0.25) is 0 Å². The van der Waals surface area contributed by atoms with Crippen LogP contribution in [-0.2, 0) is 16.7 Å². The van der Waals surface area contributed by atoms with Crippen LogP contribution < -0.4 is 5.56 Å². The van der Waals surface area contributed by atoms with Crippen molar-refractivity contribution in [3.05, 3.63) is 64.5 Å². The van der Waals surface area contributed by atoms with E-state index in [4.69, 9.17) is 0 Å². The lowest BCUT2D eigenvalue weighted by Crippen LogP contribution is -2.49. The molecule has 0 spiro atoms. The second-order valence-corrected chi connectivity index (χ2v) is 9.23. The molecule has 0 unspecified atom stereocenters. The first-order valence-corrected chi connectivity index (χ1v) is 11.2. The van der Waals surface area contributed by atoms with E-state index in [9.17, 15) is 22.0 Å². The summed E-state index contributed by atoms with van der Waals surface area (Å²) in [5.41, 5.74) is 0.432. The molecule has 3 aromatic rings. The molecule has 30 heavy (non-hydrogen) atoms. The normalized spacial score (nSPS) is 16.2. The molecule has 1 fully saturated rings. The van der Waals surface area contributed by atoms with Gasteiger partial charge in [-0.15, -0.1) is 0 Å². The first kappa shape index (κ1) is 20.6. The molecular weight excluding hydrogens is 414 g/mol. The summed E-state index contributed by atoms with van der Waals surface area (Å²) in [4.78, 5) is 14.9. The van der Waals surface area contributed by atoms with Gasteiger partial charge in [0.25, 0.3) is 5.56 Å². The van der Waals surface area contributed by atoms with Crippen LogP contribution in [-0.4, -0.2) is 59.8 Å². The van der Waals surface area contributed by atoms with Crippen LogP contribution in [0.4, 0.5) is 8.78 Å². The minimum atomic E-state index is -3.25. The molecule has 0 N–H and O–H groups in total. The summed E-state index contributed by atoms with van der Waals surface area (Å²) in [7, 11) is -3.25. The molecule has 0 amide bonds. The number of sulfonamides is 1. The molecule has 2 aromatic carbocycles. The molecule has 0 aliphatic carbocycles. The average Bonchev–Trinajstić information content (AvgIpc) is 2.72. The van der Waals surface area contributed by atoms with Gasteiger partial charge in [-0.3, -0.25) is 9.69 Å². The van der Waals surface area contributed by atoms with E-state index in [2.05, 4.69) is 5.10 Å². The maximum Gasteiger partial charge on any atom is 0.275 e. The Bertz CT molecular complexity index is 1270. The molecule has 10 heteroatoms. The van der Waals surface area contributed by atoms with Crippen LogP contribution >= 0.6 is 0 Å². The van der Waals surface area contributed by atoms with Crippen LogP contribution in [0.15, 0.2) is 47.3 Å². The maximum atomic E-state index is 13.8. The summed E-state index contributed by atoms with van der Waals surface area (Å²) in [6.07, 6.45) is 1.17. The van der Waals surface area contributed by atoms with E-state index in [1.54, 1.807) is 24.3 Å². The van der Waals surface area contributed by atoms with Crippen LogP contribution in [0.1, 0.15) is 0 Å². The lowest BCUT2D eigenvalue weighted by Gasteiger charge is -2.33. The molecule has 158 valence electrons. The van der Waals surface area contributed by atoms with E-state index >= 15 is 0 Å². The zero-order valence-electron chi connectivity index (χ0n) is 16.3. The Kier molecular flexibility index (Phi) is 5.39. The number of rotatable bonds is 4. The molecular formula is C20H20F2N4O3S. The van der Waals surface area contributed by atoms with Gasteiger partial charge in [0.15, 0.2) is 11.6 Å². The predicted octanol–water partition coefficient (Wildman–Crippen LogP) is 1.88. The zero-order chi connectivity index (χ0) is 21.5. The smallest absolute Gasteiger partial charge is 0.275 e. The van der Waals surface area contributed by atoms with Crippen molar-refractivity contribution in [3.8, 4) is 11.3 Å². The summed E-state index contributed by atoms with van der Waals surface area (Å²) in [5.74, 6) is -1.95. The van der Waals surface area contributed by atoms with E-state index < -0.39 is 21.7 Å². The SMILES string of the molecule is CS(=O)(=O)N1CCN(Cn2nc(-c3ccc(F)c(F)c3)c3ccccc3c2=O)CC1. The molecule has 4 rings (SSSR count). The molecule has 1 aliphatic heterocycles. The van der Waals surface area contributed by atoms with Crippen molar-refractivity contribution in [3.63, 3.8) is 0 Å². The largest absolute Gasteiger partial charge is 0.282 e. The summed E-state index contributed by atoms with van der Waals surface area (Å²) in [5, 5.41) is 5.41. The Morgan fingerprint density at radius 1 is 0.967 bits per heavy atom. The average molecular weight is 434 g/mol. The Labute approximate surface area is 172 Å². The number of halogens is 2. The van der Waals surface area contributed by atoms with Crippen molar-refractivity contribution in [1.29, 1.82) is 0 Å². The van der Waals surface area contributed by atoms with Crippen LogP contribution in [0.5, 0.6) is 0 Å². The predicted molar refractivity (Wildman–Crippen MR) is 109 cm³/mol. The molecule has 0 bridgehead atoms. The zero-order valence-corrected chi connectivity index (χ0v) is 17.1. The third-order valence-electron chi connectivity index (χ3n) is 5.20. The summed E-state index contributed by atoms with van der Waals surface area (Å²) < 4.78 is 53.3. The fourth-order valence-electron chi connectivity index (χ4n) is 3.58. The minimum absolute atomic E-state index is 0.165. The number of hydrogen-bond acceptors (Lipinski definition) is 5. The summed E-state index contributed by atoms with van der Waals surface area (Å²) in [6.45, 7) is 1.73. The Hall–Kier alpha value is -2.69. The van der Waals surface area contributed by atoms with E-state index in [1.807, 2.05) is 4.90 Å². The monoisotopic (exact) mass is 434 g/mol. The number of aromatic nitrogens is 2. The highest BCUT2D eigenvalue weighted by Crippen LogP contribution is 2.26. The molecule has 1 aliphatic rings. The first-order valence-electron chi connectivity index (χ1n) is 9.37.